The number of aliphatic hydroxyl groups excluding tert-OH is 1. The third kappa shape index (κ3) is 8.49. The van der Waals surface area contributed by atoms with E-state index in [-0.39, 0.29) is 48.3 Å². The van der Waals surface area contributed by atoms with Crippen LogP contribution in [0.3, 0.4) is 0 Å². The summed E-state index contributed by atoms with van der Waals surface area (Å²) in [5, 5.41) is 15.0. The second kappa shape index (κ2) is 14.0. The van der Waals surface area contributed by atoms with Crippen LogP contribution in [0.15, 0.2) is 66.7 Å². The van der Waals surface area contributed by atoms with Crippen molar-refractivity contribution in [2.24, 2.45) is 5.92 Å². The Morgan fingerprint density at radius 1 is 0.978 bits per heavy atom. The Kier molecular flexibility index (Phi) is 10.5. The van der Waals surface area contributed by atoms with Crippen molar-refractivity contribution < 1.29 is 45.8 Å². The maximum absolute atomic E-state index is 13.7. The van der Waals surface area contributed by atoms with Crippen LogP contribution in [0.1, 0.15) is 40.9 Å². The molecular formula is C32H34F6N4O4. The molecule has 1 aliphatic rings. The van der Waals surface area contributed by atoms with Crippen molar-refractivity contribution in [2.75, 3.05) is 37.4 Å². The fourth-order valence-electron chi connectivity index (χ4n) is 5.07. The Hall–Kier alpha value is -4.30. The molecule has 3 aromatic carbocycles. The number of alkyl halides is 6. The maximum atomic E-state index is 13.7. The highest BCUT2D eigenvalue weighted by Gasteiger charge is 2.35. The Morgan fingerprint density at radius 3 is 2.13 bits per heavy atom. The van der Waals surface area contributed by atoms with Gasteiger partial charge in [0.2, 0.25) is 0 Å². The molecule has 0 bridgehead atoms. The second-order valence-electron chi connectivity index (χ2n) is 11.4. The van der Waals surface area contributed by atoms with Gasteiger partial charge >= 0.3 is 18.4 Å². The molecule has 46 heavy (non-hydrogen) atoms. The number of carbonyl (C=O) groups is 2. The van der Waals surface area contributed by atoms with Crippen molar-refractivity contribution in [1.29, 1.82) is 0 Å². The molecule has 4 rings (SSSR count). The lowest BCUT2D eigenvalue weighted by atomic mass is 9.98. The van der Waals surface area contributed by atoms with Gasteiger partial charge in [-0.3, -0.25) is 9.69 Å². The Labute approximate surface area is 261 Å². The van der Waals surface area contributed by atoms with Gasteiger partial charge in [-0.1, -0.05) is 25.1 Å². The molecule has 0 saturated heterocycles. The van der Waals surface area contributed by atoms with Crippen molar-refractivity contribution in [2.45, 2.75) is 44.9 Å². The minimum atomic E-state index is -4.54. The molecule has 0 fully saturated rings. The molecule has 14 heteroatoms. The molecular weight excluding hydrogens is 618 g/mol. The van der Waals surface area contributed by atoms with Gasteiger partial charge in [0, 0.05) is 31.2 Å². The van der Waals surface area contributed by atoms with Gasteiger partial charge in [0.15, 0.2) is 5.75 Å². The fraction of sp³-hybridized carbons (Fsp3) is 0.375. The number of hydrogen-bond donors (Lipinski definition) is 3. The highest BCUT2D eigenvalue weighted by molar-refractivity contribution is 6.04. The van der Waals surface area contributed by atoms with Crippen LogP contribution in [0.4, 0.5) is 42.5 Å². The van der Waals surface area contributed by atoms with Crippen molar-refractivity contribution in [3.63, 3.8) is 0 Å². The minimum Gasteiger partial charge on any atom is -0.486 e. The van der Waals surface area contributed by atoms with Crippen molar-refractivity contribution in [1.82, 2.24) is 9.80 Å². The van der Waals surface area contributed by atoms with Crippen LogP contribution in [0.5, 0.6) is 5.75 Å². The number of carbonyl (C=O) groups excluding carboxylic acids is 2. The zero-order valence-corrected chi connectivity index (χ0v) is 25.2. The summed E-state index contributed by atoms with van der Waals surface area (Å²) in [5.74, 6) is -0.674. The summed E-state index contributed by atoms with van der Waals surface area (Å²) in [7, 11) is 1.77. The number of halogens is 6. The van der Waals surface area contributed by atoms with E-state index in [0.29, 0.717) is 12.1 Å². The highest BCUT2D eigenvalue weighted by atomic mass is 19.4. The van der Waals surface area contributed by atoms with Gasteiger partial charge in [-0.05, 0) is 68.1 Å². The number of hydrogen-bond acceptors (Lipinski definition) is 5. The van der Waals surface area contributed by atoms with Gasteiger partial charge < -0.3 is 25.4 Å². The summed E-state index contributed by atoms with van der Waals surface area (Å²) in [4.78, 5) is 30.0. The Balaban J connectivity index is 1.58. The standard InChI is InChI=1S/C32H34F6N4O4/c1-19-15-42(20(2)18-43)29(44)25-5-4-6-26(40-30(45)39-24-13-11-23(12-14-24)32(36,37)38)28(25)46-27(19)17-41(3)16-21-7-9-22(10-8-21)31(33,34)35/h4-14,19-20,27,43H,15-18H2,1-3H3,(H2,39,40,45)/t19-,20-,27+/m0/s1. The van der Waals surface area contributed by atoms with Crippen molar-refractivity contribution >= 4 is 23.3 Å². The number of nitrogens with zero attached hydrogens (tertiary/aromatic N) is 2. The number of anilines is 2. The first-order valence-electron chi connectivity index (χ1n) is 14.4. The summed E-state index contributed by atoms with van der Waals surface area (Å²) in [5.41, 5.74) is -0.646. The first kappa shape index (κ1) is 34.6. The zero-order valence-electron chi connectivity index (χ0n) is 25.2. The Morgan fingerprint density at radius 2 is 1.57 bits per heavy atom. The van der Waals surface area contributed by atoms with Crippen LogP contribution in [0.25, 0.3) is 0 Å². The lowest BCUT2D eigenvalue weighted by molar-refractivity contribution is -0.138. The molecule has 3 atom stereocenters. The van der Waals surface area contributed by atoms with E-state index in [9.17, 15) is 41.0 Å². The predicted octanol–water partition coefficient (Wildman–Crippen LogP) is 6.72. The quantitative estimate of drug-likeness (QED) is 0.235. The number of likely N-dealkylation sites (N-methyl/N-ethyl adjacent to an activating group) is 1. The number of nitrogens with one attached hydrogen (secondary N) is 2. The van der Waals surface area contributed by atoms with Gasteiger partial charge in [-0.25, -0.2) is 4.79 Å². The van der Waals surface area contributed by atoms with E-state index in [1.54, 1.807) is 14.0 Å². The van der Waals surface area contributed by atoms with E-state index in [0.717, 1.165) is 36.4 Å². The summed E-state index contributed by atoms with van der Waals surface area (Å²) < 4.78 is 84.2. The van der Waals surface area contributed by atoms with E-state index in [4.69, 9.17) is 4.74 Å². The number of rotatable bonds is 8. The summed E-state index contributed by atoms with van der Waals surface area (Å²) in [6.07, 6.45) is -9.57. The lowest BCUT2D eigenvalue weighted by Crippen LogP contribution is -2.49. The monoisotopic (exact) mass is 652 g/mol. The first-order valence-corrected chi connectivity index (χ1v) is 14.4. The predicted molar refractivity (Wildman–Crippen MR) is 159 cm³/mol. The summed E-state index contributed by atoms with van der Waals surface area (Å²) >= 11 is 0. The molecule has 248 valence electrons. The number of ether oxygens (including phenoxy) is 1. The third-order valence-corrected chi connectivity index (χ3v) is 7.63. The molecule has 3 aromatic rings. The number of fused-ring (bicyclic) bond motifs is 1. The number of para-hydroxylation sites is 1. The average Bonchev–Trinajstić information content (AvgIpc) is 2.98. The van der Waals surface area contributed by atoms with Crippen molar-refractivity contribution in [3.8, 4) is 5.75 Å². The second-order valence-corrected chi connectivity index (χ2v) is 11.4. The molecule has 0 saturated carbocycles. The molecule has 3 N–H and O–H groups in total. The van der Waals surface area contributed by atoms with Crippen LogP contribution >= 0.6 is 0 Å². The van der Waals surface area contributed by atoms with Crippen LogP contribution in [0.2, 0.25) is 0 Å². The smallest absolute Gasteiger partial charge is 0.416 e. The average molecular weight is 653 g/mol. The third-order valence-electron chi connectivity index (χ3n) is 7.63. The number of aliphatic hydroxyl groups is 1. The van der Waals surface area contributed by atoms with Gasteiger partial charge in [0.25, 0.3) is 5.91 Å². The molecule has 0 spiro atoms. The van der Waals surface area contributed by atoms with E-state index in [1.165, 1.54) is 35.2 Å². The lowest BCUT2D eigenvalue weighted by Gasteiger charge is -2.38. The molecule has 8 nitrogen and oxygen atoms in total. The first-order chi connectivity index (χ1) is 21.6. The van der Waals surface area contributed by atoms with Crippen LogP contribution in [-0.4, -0.2) is 65.7 Å². The molecule has 1 aliphatic heterocycles. The number of benzene rings is 3. The normalized spacial score (nSPS) is 17.9. The van der Waals surface area contributed by atoms with Gasteiger partial charge in [0.1, 0.15) is 6.10 Å². The highest BCUT2D eigenvalue weighted by Crippen LogP contribution is 2.36. The summed E-state index contributed by atoms with van der Waals surface area (Å²) in [6.45, 7) is 4.05. The fourth-order valence-corrected chi connectivity index (χ4v) is 5.07. The topological polar surface area (TPSA) is 94.1 Å². The van der Waals surface area contributed by atoms with E-state index >= 15 is 0 Å². The SMILES string of the molecule is C[C@H]1CN([C@@H](C)CO)C(=O)c2cccc(NC(=O)Nc3ccc(C(F)(F)F)cc3)c2O[C@@H]1CN(C)Cc1ccc(C(F)(F)F)cc1. The minimum absolute atomic E-state index is 0.0599. The van der Waals surface area contributed by atoms with E-state index < -0.39 is 47.6 Å². The maximum Gasteiger partial charge on any atom is 0.416 e. The molecule has 0 aliphatic carbocycles. The zero-order chi connectivity index (χ0) is 33.8. The van der Waals surface area contributed by atoms with Gasteiger partial charge in [0.05, 0.1) is 35.0 Å². The largest absolute Gasteiger partial charge is 0.486 e. The summed E-state index contributed by atoms with van der Waals surface area (Å²) in [6, 6.07) is 11.9. The number of amides is 3. The van der Waals surface area contributed by atoms with Crippen LogP contribution in [-0.2, 0) is 18.9 Å². The Bertz CT molecular complexity index is 1510. The molecule has 0 unspecified atom stereocenters. The van der Waals surface area contributed by atoms with Crippen LogP contribution in [0, 0.1) is 5.92 Å². The van der Waals surface area contributed by atoms with Gasteiger partial charge in [-0.2, -0.15) is 26.3 Å². The molecule has 0 radical (unpaired) electrons. The molecule has 0 aromatic heterocycles. The van der Waals surface area contributed by atoms with Gasteiger partial charge in [-0.15, -0.1) is 0 Å². The molecule has 1 heterocycles. The van der Waals surface area contributed by atoms with Crippen molar-refractivity contribution in [3.05, 3.63) is 89.0 Å². The van der Waals surface area contributed by atoms with Crippen LogP contribution < -0.4 is 15.4 Å². The van der Waals surface area contributed by atoms with E-state index in [1.807, 2.05) is 11.8 Å². The number of urea groups is 1. The molecule has 3 amide bonds. The van der Waals surface area contributed by atoms with E-state index in [2.05, 4.69) is 10.6 Å².